The number of nitrogens with two attached hydrogens (primary N) is 1. The molecule has 0 rings (SSSR count). The minimum absolute atomic E-state index is 0.0735. The molecule has 0 fully saturated rings. The Morgan fingerprint density at radius 2 is 2.00 bits per heavy atom. The molecule has 0 saturated carbocycles. The maximum absolute atomic E-state index is 11.6. The number of carbonyl (C=O) groups is 2. The van der Waals surface area contributed by atoms with Gasteiger partial charge in [-0.15, -0.1) is 0 Å². The number of carbonyl (C=O) groups excluding carboxylic acids is 2. The first-order chi connectivity index (χ1) is 7.02. The zero-order valence-electron chi connectivity index (χ0n) is 9.75. The molecule has 0 aromatic heterocycles. The highest BCUT2D eigenvalue weighted by Gasteiger charge is 2.18. The van der Waals surface area contributed by atoms with Gasteiger partial charge in [-0.3, -0.25) is 9.59 Å². The van der Waals surface area contributed by atoms with Crippen molar-refractivity contribution in [1.29, 1.82) is 0 Å². The van der Waals surface area contributed by atoms with Gasteiger partial charge >= 0.3 is 0 Å². The normalized spacial score (nSPS) is 12.0. The van der Waals surface area contributed by atoms with Crippen LogP contribution >= 0.6 is 0 Å². The molecule has 5 nitrogen and oxygen atoms in total. The number of rotatable bonds is 6. The molecule has 0 aliphatic carbocycles. The molecule has 88 valence electrons. The van der Waals surface area contributed by atoms with E-state index in [2.05, 4.69) is 5.32 Å². The molecular weight excluding hydrogens is 194 g/mol. The Balaban J connectivity index is 4.03. The van der Waals surface area contributed by atoms with Crippen molar-refractivity contribution < 1.29 is 9.59 Å². The number of hydrogen-bond acceptors (Lipinski definition) is 3. The Hall–Kier alpha value is -1.10. The SMILES string of the molecule is CCC[C@@H](N)C(=O)N(C)CC(=O)NCC. The zero-order chi connectivity index (χ0) is 11.8. The van der Waals surface area contributed by atoms with E-state index >= 15 is 0 Å². The highest BCUT2D eigenvalue weighted by molar-refractivity contribution is 5.87. The molecule has 0 saturated heterocycles. The van der Waals surface area contributed by atoms with Crippen molar-refractivity contribution in [2.75, 3.05) is 20.1 Å². The molecule has 3 N–H and O–H groups in total. The van der Waals surface area contributed by atoms with Gasteiger partial charge in [0.25, 0.3) is 0 Å². The topological polar surface area (TPSA) is 75.4 Å². The third-order valence-corrected chi connectivity index (χ3v) is 2.05. The van der Waals surface area contributed by atoms with Crippen molar-refractivity contribution in [1.82, 2.24) is 10.2 Å². The van der Waals surface area contributed by atoms with Gasteiger partial charge in [-0.2, -0.15) is 0 Å². The van der Waals surface area contributed by atoms with Gasteiger partial charge < -0.3 is 16.0 Å². The molecule has 2 amide bonds. The Morgan fingerprint density at radius 3 is 2.47 bits per heavy atom. The van der Waals surface area contributed by atoms with E-state index in [1.807, 2.05) is 13.8 Å². The van der Waals surface area contributed by atoms with Gasteiger partial charge in [0.1, 0.15) is 0 Å². The van der Waals surface area contributed by atoms with Crippen LogP contribution in [0.15, 0.2) is 0 Å². The van der Waals surface area contributed by atoms with Crippen LogP contribution in [0.2, 0.25) is 0 Å². The second-order valence-corrected chi connectivity index (χ2v) is 3.54. The smallest absolute Gasteiger partial charge is 0.239 e. The van der Waals surface area contributed by atoms with Gasteiger partial charge in [0.05, 0.1) is 12.6 Å². The van der Waals surface area contributed by atoms with Crippen molar-refractivity contribution in [3.63, 3.8) is 0 Å². The van der Waals surface area contributed by atoms with Crippen LogP contribution in [-0.2, 0) is 9.59 Å². The first kappa shape index (κ1) is 13.9. The maximum atomic E-state index is 11.6. The van der Waals surface area contributed by atoms with E-state index in [1.165, 1.54) is 4.90 Å². The quantitative estimate of drug-likeness (QED) is 0.639. The minimum Gasteiger partial charge on any atom is -0.355 e. The van der Waals surface area contributed by atoms with Gasteiger partial charge in [-0.25, -0.2) is 0 Å². The average Bonchev–Trinajstić information content (AvgIpc) is 2.17. The summed E-state index contributed by atoms with van der Waals surface area (Å²) in [6.45, 7) is 4.45. The molecule has 0 aliphatic heterocycles. The van der Waals surface area contributed by atoms with Crippen LogP contribution < -0.4 is 11.1 Å². The fourth-order valence-corrected chi connectivity index (χ4v) is 1.26. The van der Waals surface area contributed by atoms with Crippen LogP contribution in [-0.4, -0.2) is 42.9 Å². The second kappa shape index (κ2) is 7.23. The van der Waals surface area contributed by atoms with Crippen LogP contribution in [0.4, 0.5) is 0 Å². The summed E-state index contributed by atoms with van der Waals surface area (Å²) in [5.74, 6) is -0.333. The Bertz CT molecular complexity index is 219. The molecule has 0 bridgehead atoms. The van der Waals surface area contributed by atoms with E-state index in [-0.39, 0.29) is 18.4 Å². The summed E-state index contributed by atoms with van der Waals surface area (Å²) in [5, 5.41) is 2.63. The largest absolute Gasteiger partial charge is 0.355 e. The van der Waals surface area contributed by atoms with Crippen LogP contribution in [0, 0.1) is 0 Å². The lowest BCUT2D eigenvalue weighted by Crippen LogP contribution is -2.45. The van der Waals surface area contributed by atoms with Gasteiger partial charge in [0.2, 0.25) is 11.8 Å². The Labute approximate surface area is 91.0 Å². The zero-order valence-corrected chi connectivity index (χ0v) is 9.75. The van der Waals surface area contributed by atoms with Crippen molar-refractivity contribution in [2.24, 2.45) is 5.73 Å². The highest BCUT2D eigenvalue weighted by Crippen LogP contribution is 1.97. The van der Waals surface area contributed by atoms with Gasteiger partial charge in [-0.05, 0) is 13.3 Å². The molecule has 0 aromatic carbocycles. The van der Waals surface area contributed by atoms with Crippen molar-refractivity contribution in [2.45, 2.75) is 32.7 Å². The molecule has 1 atom stereocenters. The molecule has 0 aromatic rings. The number of nitrogens with zero attached hydrogens (tertiary/aromatic N) is 1. The van der Waals surface area contributed by atoms with Crippen molar-refractivity contribution >= 4 is 11.8 Å². The van der Waals surface area contributed by atoms with E-state index in [4.69, 9.17) is 5.73 Å². The summed E-state index contributed by atoms with van der Waals surface area (Å²) in [4.78, 5) is 24.2. The molecule has 0 heterocycles. The molecule has 0 aliphatic rings. The molecule has 0 radical (unpaired) electrons. The fraction of sp³-hybridized carbons (Fsp3) is 0.800. The lowest BCUT2D eigenvalue weighted by Gasteiger charge is -2.20. The first-order valence-corrected chi connectivity index (χ1v) is 5.30. The molecule has 0 unspecified atom stereocenters. The monoisotopic (exact) mass is 215 g/mol. The maximum Gasteiger partial charge on any atom is 0.239 e. The van der Waals surface area contributed by atoms with E-state index in [0.717, 1.165) is 6.42 Å². The molecule has 5 heteroatoms. The van der Waals surface area contributed by atoms with Crippen molar-refractivity contribution in [3.05, 3.63) is 0 Å². The van der Waals surface area contributed by atoms with Crippen molar-refractivity contribution in [3.8, 4) is 0 Å². The predicted octanol–water partition coefficient (Wildman–Crippen LogP) is -0.292. The van der Waals surface area contributed by atoms with Gasteiger partial charge in [0, 0.05) is 13.6 Å². The minimum atomic E-state index is -0.491. The van der Waals surface area contributed by atoms with E-state index in [0.29, 0.717) is 13.0 Å². The molecular formula is C10H21N3O2. The van der Waals surface area contributed by atoms with Crippen LogP contribution in [0.1, 0.15) is 26.7 Å². The summed E-state index contributed by atoms with van der Waals surface area (Å²) in [6.07, 6.45) is 1.51. The Morgan fingerprint density at radius 1 is 1.40 bits per heavy atom. The molecule has 0 spiro atoms. The van der Waals surface area contributed by atoms with E-state index in [1.54, 1.807) is 7.05 Å². The number of nitrogens with one attached hydrogen (secondary N) is 1. The highest BCUT2D eigenvalue weighted by atomic mass is 16.2. The summed E-state index contributed by atoms with van der Waals surface area (Å²) in [5.41, 5.74) is 5.66. The van der Waals surface area contributed by atoms with Crippen LogP contribution in [0.5, 0.6) is 0 Å². The lowest BCUT2D eigenvalue weighted by molar-refractivity contribution is -0.135. The van der Waals surface area contributed by atoms with Crippen LogP contribution in [0.3, 0.4) is 0 Å². The lowest BCUT2D eigenvalue weighted by atomic mass is 10.1. The van der Waals surface area contributed by atoms with E-state index < -0.39 is 6.04 Å². The first-order valence-electron chi connectivity index (χ1n) is 5.30. The summed E-state index contributed by atoms with van der Waals surface area (Å²) in [7, 11) is 1.59. The average molecular weight is 215 g/mol. The number of amides is 2. The Kier molecular flexibility index (Phi) is 6.70. The third kappa shape index (κ3) is 5.37. The van der Waals surface area contributed by atoms with Gasteiger partial charge in [-0.1, -0.05) is 13.3 Å². The molecule has 15 heavy (non-hydrogen) atoms. The number of likely N-dealkylation sites (N-methyl/N-ethyl adjacent to an activating group) is 2. The summed E-state index contributed by atoms with van der Waals surface area (Å²) < 4.78 is 0. The van der Waals surface area contributed by atoms with Crippen LogP contribution in [0.25, 0.3) is 0 Å². The predicted molar refractivity (Wildman–Crippen MR) is 59.2 cm³/mol. The standard InChI is InChI=1S/C10H21N3O2/c1-4-6-8(11)10(15)13(3)7-9(14)12-5-2/h8H,4-7,11H2,1-3H3,(H,12,14)/t8-/m1/s1. The van der Waals surface area contributed by atoms with E-state index in [9.17, 15) is 9.59 Å². The fourth-order valence-electron chi connectivity index (χ4n) is 1.26. The number of hydrogen-bond donors (Lipinski definition) is 2. The summed E-state index contributed by atoms with van der Waals surface area (Å²) in [6, 6.07) is -0.491. The van der Waals surface area contributed by atoms with Gasteiger partial charge in [0.15, 0.2) is 0 Å². The third-order valence-electron chi connectivity index (χ3n) is 2.05. The second-order valence-electron chi connectivity index (χ2n) is 3.54. The summed E-state index contributed by atoms with van der Waals surface area (Å²) >= 11 is 0.